The zero-order valence-corrected chi connectivity index (χ0v) is 28.8. The van der Waals surface area contributed by atoms with Gasteiger partial charge in [0.1, 0.15) is 13.1 Å². The summed E-state index contributed by atoms with van der Waals surface area (Å²) >= 11 is 0. The van der Waals surface area contributed by atoms with Gasteiger partial charge in [-0.05, 0) is 57.2 Å². The van der Waals surface area contributed by atoms with E-state index in [0.717, 1.165) is 38.3 Å². The molecule has 3 unspecified atom stereocenters. The summed E-state index contributed by atoms with van der Waals surface area (Å²) in [5.74, 6) is 1.78. The van der Waals surface area contributed by atoms with Gasteiger partial charge >= 0.3 is 0 Å². The number of nitrogens with one attached hydrogen (secondary N) is 3. The Balaban J connectivity index is -0.0000000800. The molecule has 3 atom stereocenters. The van der Waals surface area contributed by atoms with E-state index < -0.39 is 0 Å². The molecule has 8 heteroatoms. The van der Waals surface area contributed by atoms with Gasteiger partial charge in [0.05, 0.1) is 6.04 Å². The average Bonchev–Trinajstić information content (AvgIpc) is 2.97. The summed E-state index contributed by atoms with van der Waals surface area (Å²) < 4.78 is 0. The lowest BCUT2D eigenvalue weighted by atomic mass is 9.80. The Kier molecular flexibility index (Phi) is 68.1. The van der Waals surface area contributed by atoms with Crippen LogP contribution in [0.4, 0.5) is 0 Å². The number of carbonyl (C=O) groups excluding carboxylic acids is 4. The van der Waals surface area contributed by atoms with Crippen molar-refractivity contribution in [1.29, 1.82) is 0 Å². The molecule has 4 N–H and O–H groups in total. The molecule has 0 aromatic rings. The van der Waals surface area contributed by atoms with Gasteiger partial charge in [0, 0.05) is 19.7 Å². The fraction of sp³-hybridized carbons (Fsp3) is 0.812. The molecule has 0 saturated heterocycles. The van der Waals surface area contributed by atoms with Gasteiger partial charge in [-0.2, -0.15) is 0 Å². The third-order valence-electron chi connectivity index (χ3n) is 5.39. The van der Waals surface area contributed by atoms with E-state index in [0.29, 0.717) is 6.04 Å². The van der Waals surface area contributed by atoms with Gasteiger partial charge in [-0.3, -0.25) is 9.59 Å². The summed E-state index contributed by atoms with van der Waals surface area (Å²) in [4.78, 5) is 35.9. The molecule has 0 radical (unpaired) electrons. The first-order chi connectivity index (χ1) is 19.2. The third kappa shape index (κ3) is 46.1. The SMILES string of the molecule is C=CCNC(CCC(C)CNC)CC1CCC1.C=O.CC.CC.CC.CNC(C=O)C(C)(C)C.CO.O=CC=O. The van der Waals surface area contributed by atoms with Crippen molar-refractivity contribution < 1.29 is 24.3 Å². The number of hydrogen-bond acceptors (Lipinski definition) is 8. The van der Waals surface area contributed by atoms with Gasteiger partial charge in [-0.1, -0.05) is 94.6 Å². The van der Waals surface area contributed by atoms with E-state index in [1.165, 1.54) is 38.5 Å². The smallest absolute Gasteiger partial charge is 0.182 e. The molecule has 1 rings (SSSR count). The van der Waals surface area contributed by atoms with Crippen LogP contribution in [0.25, 0.3) is 0 Å². The highest BCUT2D eigenvalue weighted by molar-refractivity contribution is 6.09. The van der Waals surface area contributed by atoms with Crippen molar-refractivity contribution >= 4 is 25.6 Å². The molecule has 40 heavy (non-hydrogen) atoms. The van der Waals surface area contributed by atoms with Crippen LogP contribution in [-0.4, -0.2) is 77.1 Å². The van der Waals surface area contributed by atoms with Gasteiger partial charge in [0.25, 0.3) is 0 Å². The van der Waals surface area contributed by atoms with Crippen LogP contribution in [0.2, 0.25) is 0 Å². The van der Waals surface area contributed by atoms with Crippen molar-refractivity contribution in [2.75, 3.05) is 34.3 Å². The number of aldehydes is 3. The summed E-state index contributed by atoms with van der Waals surface area (Å²) in [6.45, 7) is 28.3. The number of aliphatic hydroxyl groups is 1. The Morgan fingerprint density at radius 3 is 1.57 bits per heavy atom. The van der Waals surface area contributed by atoms with Crippen LogP contribution < -0.4 is 16.0 Å². The van der Waals surface area contributed by atoms with E-state index in [-0.39, 0.29) is 24.0 Å². The molecule has 1 saturated carbocycles. The fourth-order valence-electron chi connectivity index (χ4n) is 3.33. The lowest BCUT2D eigenvalue weighted by Gasteiger charge is -2.30. The van der Waals surface area contributed by atoms with Gasteiger partial charge in [-0.15, -0.1) is 6.58 Å². The molecule has 1 aliphatic rings. The topological polar surface area (TPSA) is 125 Å². The van der Waals surface area contributed by atoms with E-state index in [2.05, 4.69) is 29.5 Å². The molecule has 0 spiro atoms. The molecule has 0 amide bonds. The second kappa shape index (κ2) is 50.1. The Hall–Kier alpha value is -1.74. The average molecular weight is 578 g/mol. The van der Waals surface area contributed by atoms with Gasteiger partial charge < -0.3 is 30.6 Å². The van der Waals surface area contributed by atoms with Gasteiger partial charge in [0.15, 0.2) is 12.6 Å². The molecule has 1 aliphatic carbocycles. The maximum Gasteiger partial charge on any atom is 0.182 e. The molecule has 0 aromatic carbocycles. The van der Waals surface area contributed by atoms with Crippen LogP contribution in [0.5, 0.6) is 0 Å². The zero-order valence-electron chi connectivity index (χ0n) is 28.8. The summed E-state index contributed by atoms with van der Waals surface area (Å²) in [6.07, 6.45) is 11.7. The first-order valence-electron chi connectivity index (χ1n) is 14.9. The number of likely N-dealkylation sites (N-methyl/N-ethyl adjacent to an activating group) is 1. The van der Waals surface area contributed by atoms with Crippen molar-refractivity contribution in [3.05, 3.63) is 12.7 Å². The monoisotopic (exact) mass is 578 g/mol. The maximum atomic E-state index is 10.3. The Labute approximate surface area is 249 Å². The highest BCUT2D eigenvalue weighted by Gasteiger charge is 2.22. The Morgan fingerprint density at radius 2 is 1.35 bits per heavy atom. The van der Waals surface area contributed by atoms with Gasteiger partial charge in [0.2, 0.25) is 0 Å². The van der Waals surface area contributed by atoms with E-state index in [4.69, 9.17) is 19.5 Å². The lowest BCUT2D eigenvalue weighted by Crippen LogP contribution is -2.39. The highest BCUT2D eigenvalue weighted by Crippen LogP contribution is 2.31. The molecule has 0 aromatic heterocycles. The fourth-order valence-corrected chi connectivity index (χ4v) is 3.33. The van der Waals surface area contributed by atoms with Gasteiger partial charge in [-0.25, -0.2) is 0 Å². The van der Waals surface area contributed by atoms with Crippen LogP contribution in [-0.2, 0) is 19.2 Å². The summed E-state index contributed by atoms with van der Waals surface area (Å²) in [7, 11) is 4.84. The second-order valence-corrected chi connectivity index (χ2v) is 9.21. The molecule has 8 nitrogen and oxygen atoms in total. The molecule has 244 valence electrons. The lowest BCUT2D eigenvalue weighted by molar-refractivity contribution is -0.122. The largest absolute Gasteiger partial charge is 0.400 e. The van der Waals surface area contributed by atoms with Crippen molar-refractivity contribution in [2.45, 2.75) is 120 Å². The minimum Gasteiger partial charge on any atom is -0.400 e. The first kappa shape index (κ1) is 54.4. The Bertz CT molecular complexity index is 462. The molecular formula is C32H71N3O5. The van der Waals surface area contributed by atoms with E-state index >= 15 is 0 Å². The van der Waals surface area contributed by atoms with Crippen molar-refractivity contribution in [2.24, 2.45) is 17.3 Å². The van der Waals surface area contributed by atoms with E-state index in [9.17, 15) is 4.79 Å². The second-order valence-electron chi connectivity index (χ2n) is 9.21. The highest BCUT2D eigenvalue weighted by atomic mass is 16.2. The molecule has 0 bridgehead atoms. The van der Waals surface area contributed by atoms with Crippen molar-refractivity contribution in [3.8, 4) is 0 Å². The number of carbonyl (C=O) groups is 4. The van der Waals surface area contributed by atoms with Crippen molar-refractivity contribution in [1.82, 2.24) is 16.0 Å². The van der Waals surface area contributed by atoms with Crippen LogP contribution in [0.15, 0.2) is 12.7 Å². The van der Waals surface area contributed by atoms with Crippen LogP contribution in [0.3, 0.4) is 0 Å². The molecule has 0 aliphatic heterocycles. The standard InChI is InChI=1S/C15H30N2.C7H15NO.C2H2O2.3C2H6.CH4O.CH2O/c1-4-10-17-15(11-14-6-5-7-14)9-8-13(2)12-16-3;1-7(2,3)6(5-9)8-4;3-1-2-4;5*1-2/h4,13-17H,1,5-12H2,2-3H3;5-6,8H,1-4H3;1-2H;3*1-2H3;2H,1H3;1H2. The molecular weight excluding hydrogens is 506 g/mol. The quantitative estimate of drug-likeness (QED) is 0.126. The van der Waals surface area contributed by atoms with Crippen LogP contribution in [0, 0.1) is 17.3 Å². The molecule has 0 heterocycles. The summed E-state index contributed by atoms with van der Waals surface area (Å²) in [5.41, 5.74) is 0.0382. The molecule has 1 fully saturated rings. The number of aliphatic hydroxyl groups excluding tert-OH is 1. The van der Waals surface area contributed by atoms with E-state index in [1.54, 1.807) is 7.05 Å². The van der Waals surface area contributed by atoms with Crippen LogP contribution >= 0.6 is 0 Å². The predicted molar refractivity (Wildman–Crippen MR) is 176 cm³/mol. The normalized spacial score (nSPS) is 12.9. The zero-order chi connectivity index (χ0) is 33.4. The number of hydrogen-bond donors (Lipinski definition) is 4. The van der Waals surface area contributed by atoms with E-state index in [1.807, 2.05) is 82.2 Å². The summed E-state index contributed by atoms with van der Waals surface area (Å²) in [6, 6.07) is 0.676. The minimum absolute atomic E-state index is 0.0301. The van der Waals surface area contributed by atoms with Crippen molar-refractivity contribution in [3.63, 3.8) is 0 Å². The maximum absolute atomic E-state index is 10.3. The third-order valence-corrected chi connectivity index (χ3v) is 5.39. The summed E-state index contributed by atoms with van der Waals surface area (Å²) in [5, 5.41) is 16.8. The van der Waals surface area contributed by atoms with Crippen LogP contribution in [0.1, 0.15) is 108 Å². The predicted octanol–water partition coefficient (Wildman–Crippen LogP) is 5.66. The Morgan fingerprint density at radius 1 is 0.900 bits per heavy atom. The minimum atomic E-state index is -0.0301. The first-order valence-corrected chi connectivity index (χ1v) is 14.9. The number of rotatable bonds is 13.